The second-order valence-electron chi connectivity index (χ2n) is 5.97. The molecule has 0 radical (unpaired) electrons. The number of ether oxygens (including phenoxy) is 1. The van der Waals surface area contributed by atoms with Crippen molar-refractivity contribution < 1.29 is 20.1 Å². The fourth-order valence-electron chi connectivity index (χ4n) is 2.59. The lowest BCUT2D eigenvalue weighted by Crippen LogP contribution is -2.02. The lowest BCUT2D eigenvalue weighted by Gasteiger charge is -2.12. The molecule has 138 valence electrons. The quantitative estimate of drug-likeness (QED) is 0.602. The maximum atomic E-state index is 10.3. The van der Waals surface area contributed by atoms with E-state index in [9.17, 15) is 15.3 Å². The van der Waals surface area contributed by atoms with Crippen molar-refractivity contribution in [3.05, 3.63) is 82.1 Å². The third-order valence-corrected chi connectivity index (χ3v) is 4.26. The second-order valence-corrected chi connectivity index (χ2v) is 6.38. The molecule has 0 aliphatic carbocycles. The lowest BCUT2D eigenvalue weighted by molar-refractivity contribution is 0.164. The van der Waals surface area contributed by atoms with Gasteiger partial charge in [-0.05, 0) is 34.9 Å². The Bertz CT molecular complexity index is 767. The summed E-state index contributed by atoms with van der Waals surface area (Å²) in [5.74, 6) is 0.0543. The molecule has 2 rings (SSSR count). The molecular formula is C21H23ClO4. The largest absolute Gasteiger partial charge is 0.508 e. The first kappa shape index (κ1) is 20.2. The molecule has 0 aromatic heterocycles. The molecule has 0 heterocycles. The van der Waals surface area contributed by atoms with E-state index in [-0.39, 0.29) is 5.75 Å². The third-order valence-electron chi connectivity index (χ3n) is 3.93. The Hall–Kier alpha value is -2.07. The fourth-order valence-corrected chi connectivity index (χ4v) is 2.89. The molecular weight excluding hydrogens is 352 g/mol. The predicted octanol–water partition coefficient (Wildman–Crippen LogP) is 4.32. The zero-order valence-corrected chi connectivity index (χ0v) is 15.4. The zero-order chi connectivity index (χ0) is 18.9. The van der Waals surface area contributed by atoms with Crippen molar-refractivity contribution >= 4 is 11.6 Å². The Balaban J connectivity index is 2.06. The molecule has 4 nitrogen and oxygen atoms in total. The second kappa shape index (κ2) is 10.2. The molecule has 0 saturated carbocycles. The van der Waals surface area contributed by atoms with E-state index in [1.807, 2.05) is 30.3 Å². The summed E-state index contributed by atoms with van der Waals surface area (Å²) in [5, 5.41) is 30.3. The van der Waals surface area contributed by atoms with Gasteiger partial charge in [-0.15, -0.1) is 5.73 Å². The Labute approximate surface area is 158 Å². The molecule has 5 heteroatoms. The Morgan fingerprint density at radius 3 is 2.54 bits per heavy atom. The summed E-state index contributed by atoms with van der Waals surface area (Å²) < 4.78 is 5.17. The normalized spacial score (nSPS) is 12.9. The van der Waals surface area contributed by atoms with Crippen LogP contribution in [0.3, 0.4) is 0 Å². The number of aromatic hydroxyl groups is 1. The van der Waals surface area contributed by atoms with Gasteiger partial charge in [0, 0.05) is 20.0 Å². The van der Waals surface area contributed by atoms with Crippen molar-refractivity contribution in [1.82, 2.24) is 0 Å². The van der Waals surface area contributed by atoms with Gasteiger partial charge in [0.15, 0.2) is 0 Å². The topological polar surface area (TPSA) is 69.9 Å². The van der Waals surface area contributed by atoms with Crippen LogP contribution in [0.15, 0.2) is 65.9 Å². The number of hydrogen-bond donors (Lipinski definition) is 3. The maximum Gasteiger partial charge on any atom is 0.117 e. The van der Waals surface area contributed by atoms with Gasteiger partial charge in [-0.1, -0.05) is 48.0 Å². The van der Waals surface area contributed by atoms with Gasteiger partial charge >= 0.3 is 0 Å². The Morgan fingerprint density at radius 1 is 1.15 bits per heavy atom. The minimum absolute atomic E-state index is 0.0543. The third kappa shape index (κ3) is 6.03. The van der Waals surface area contributed by atoms with Gasteiger partial charge in [-0.3, -0.25) is 0 Å². The zero-order valence-electron chi connectivity index (χ0n) is 14.6. The molecule has 0 fully saturated rings. The summed E-state index contributed by atoms with van der Waals surface area (Å²) in [7, 11) is 1.58. The highest BCUT2D eigenvalue weighted by Crippen LogP contribution is 2.28. The number of hydrogen-bond acceptors (Lipinski definition) is 4. The molecule has 0 aliphatic heterocycles. The molecule has 0 saturated heterocycles. The average molecular weight is 375 g/mol. The summed E-state index contributed by atoms with van der Waals surface area (Å²) >= 11 is 6.04. The van der Waals surface area contributed by atoms with Crippen LogP contribution < -0.4 is 0 Å². The number of halogens is 1. The van der Waals surface area contributed by atoms with Crippen molar-refractivity contribution in [3.8, 4) is 5.75 Å². The number of aliphatic hydroxyl groups excluding tert-OH is 2. The first-order chi connectivity index (χ1) is 12.5. The number of phenolic OH excluding ortho intramolecular Hbond substituents is 1. The van der Waals surface area contributed by atoms with Crippen molar-refractivity contribution in [2.45, 2.75) is 25.0 Å². The highest BCUT2D eigenvalue weighted by Gasteiger charge is 2.12. The number of phenols is 1. The van der Waals surface area contributed by atoms with Crippen LogP contribution in [-0.4, -0.2) is 29.0 Å². The van der Waals surface area contributed by atoms with Crippen LogP contribution >= 0.6 is 11.6 Å². The van der Waals surface area contributed by atoms with Gasteiger partial charge in [0.25, 0.3) is 0 Å². The van der Waals surface area contributed by atoms with Gasteiger partial charge in [0.1, 0.15) is 5.75 Å². The van der Waals surface area contributed by atoms with E-state index in [4.69, 9.17) is 16.3 Å². The van der Waals surface area contributed by atoms with E-state index in [1.165, 1.54) is 12.1 Å². The number of aliphatic hydroxyl groups is 2. The van der Waals surface area contributed by atoms with Crippen LogP contribution in [0.2, 0.25) is 5.02 Å². The average Bonchev–Trinajstić information content (AvgIpc) is 2.62. The van der Waals surface area contributed by atoms with Crippen LogP contribution in [0.1, 0.15) is 36.2 Å². The molecule has 2 aromatic rings. The van der Waals surface area contributed by atoms with Gasteiger partial charge in [0.05, 0.1) is 23.8 Å². The van der Waals surface area contributed by atoms with E-state index in [0.717, 1.165) is 11.1 Å². The fraction of sp³-hybridized carbons (Fsp3) is 0.286. The molecule has 0 aliphatic rings. The first-order valence-electron chi connectivity index (χ1n) is 8.32. The highest BCUT2D eigenvalue weighted by molar-refractivity contribution is 6.31. The van der Waals surface area contributed by atoms with Gasteiger partial charge < -0.3 is 20.1 Å². The number of rotatable bonds is 8. The molecule has 0 spiro atoms. The first-order valence-corrected chi connectivity index (χ1v) is 8.70. The van der Waals surface area contributed by atoms with Crippen molar-refractivity contribution in [3.63, 3.8) is 0 Å². The lowest BCUT2D eigenvalue weighted by atomic mass is 10.0. The monoisotopic (exact) mass is 374 g/mol. The van der Waals surface area contributed by atoms with Crippen molar-refractivity contribution in [2.75, 3.05) is 13.7 Å². The summed E-state index contributed by atoms with van der Waals surface area (Å²) in [6, 6.07) is 13.9. The minimum Gasteiger partial charge on any atom is -0.508 e. The van der Waals surface area contributed by atoms with E-state index < -0.39 is 12.2 Å². The standard InChI is InChI=1S/C21H23ClO4/c1-26-14-15(12-21(25)16-7-3-2-4-8-16)6-5-9-20(24)18-11-10-17(23)13-19(18)22/h2-5,7-8,10-11,13,20-21,23-25H,9,12,14H2,1H3/t6?,20-,21-/m1/s1. The SMILES string of the molecule is COCC(=C=CC[C@@H](O)c1ccc(O)cc1Cl)C[C@@H](O)c1ccccc1. The number of benzene rings is 2. The molecule has 2 aromatic carbocycles. The molecule has 2 atom stereocenters. The molecule has 0 bridgehead atoms. The summed E-state index contributed by atoms with van der Waals surface area (Å²) in [4.78, 5) is 0. The Kier molecular flexibility index (Phi) is 7.92. The van der Waals surface area contributed by atoms with Crippen molar-refractivity contribution in [2.24, 2.45) is 0 Å². The minimum atomic E-state index is -0.807. The van der Waals surface area contributed by atoms with Crippen LogP contribution in [-0.2, 0) is 4.74 Å². The van der Waals surface area contributed by atoms with Gasteiger partial charge in [-0.25, -0.2) is 0 Å². The summed E-state index contributed by atoms with van der Waals surface area (Å²) in [6.07, 6.45) is 0.959. The Morgan fingerprint density at radius 2 is 1.88 bits per heavy atom. The number of methoxy groups -OCH3 is 1. The van der Waals surface area contributed by atoms with Gasteiger partial charge in [0.2, 0.25) is 0 Å². The van der Waals surface area contributed by atoms with Crippen LogP contribution in [0.5, 0.6) is 5.75 Å². The summed E-state index contributed by atoms with van der Waals surface area (Å²) in [6.45, 7) is 0.344. The van der Waals surface area contributed by atoms with E-state index in [1.54, 1.807) is 19.3 Å². The smallest absolute Gasteiger partial charge is 0.117 e. The summed E-state index contributed by atoms with van der Waals surface area (Å²) in [5.41, 5.74) is 5.28. The van der Waals surface area contributed by atoms with Crippen LogP contribution in [0.4, 0.5) is 0 Å². The molecule has 0 unspecified atom stereocenters. The van der Waals surface area contributed by atoms with Crippen molar-refractivity contribution in [1.29, 1.82) is 0 Å². The van der Waals surface area contributed by atoms with Gasteiger partial charge in [-0.2, -0.15) is 0 Å². The predicted molar refractivity (Wildman–Crippen MR) is 102 cm³/mol. The maximum absolute atomic E-state index is 10.3. The van der Waals surface area contributed by atoms with E-state index in [2.05, 4.69) is 5.73 Å². The highest BCUT2D eigenvalue weighted by atomic mass is 35.5. The van der Waals surface area contributed by atoms with Crippen LogP contribution in [0.25, 0.3) is 0 Å². The van der Waals surface area contributed by atoms with E-state index in [0.29, 0.717) is 30.0 Å². The molecule has 0 amide bonds. The molecule has 3 N–H and O–H groups in total. The molecule has 26 heavy (non-hydrogen) atoms. The van der Waals surface area contributed by atoms with E-state index >= 15 is 0 Å². The van der Waals surface area contributed by atoms with Crippen LogP contribution in [0, 0.1) is 0 Å².